The molecular weight excluding hydrogens is 188 g/mol. The highest BCUT2D eigenvalue weighted by Gasteiger charge is 2.40. The largest absolute Gasteiger partial charge is 0.413 e. The molecule has 1 atom stereocenters. The molecule has 0 heterocycles. The molecule has 0 aliphatic carbocycles. The number of rotatable bonds is 2. The molecule has 0 rings (SSSR count). The molecule has 0 saturated heterocycles. The van der Waals surface area contributed by atoms with E-state index in [-0.39, 0.29) is 16.6 Å². The van der Waals surface area contributed by atoms with Gasteiger partial charge < -0.3 is 4.43 Å². The summed E-state index contributed by atoms with van der Waals surface area (Å²) in [5.74, 6) is 0. The summed E-state index contributed by atoms with van der Waals surface area (Å²) in [5.41, 5.74) is 0.134. The third-order valence-electron chi connectivity index (χ3n) is 3.21. The van der Waals surface area contributed by atoms with Crippen molar-refractivity contribution in [3.05, 3.63) is 6.92 Å². The molecular formula is C12H27OSi. The van der Waals surface area contributed by atoms with Crippen molar-refractivity contribution in [1.29, 1.82) is 0 Å². The van der Waals surface area contributed by atoms with E-state index < -0.39 is 8.32 Å². The predicted molar refractivity (Wildman–Crippen MR) is 66.9 cm³/mol. The fourth-order valence-corrected chi connectivity index (χ4v) is 2.13. The number of hydrogen-bond acceptors (Lipinski definition) is 1. The highest BCUT2D eigenvalue weighted by Crippen LogP contribution is 2.39. The van der Waals surface area contributed by atoms with Gasteiger partial charge in [-0.15, -0.1) is 0 Å². The maximum Gasteiger partial charge on any atom is 0.192 e. The first-order valence-electron chi connectivity index (χ1n) is 5.39. The first-order valence-corrected chi connectivity index (χ1v) is 8.29. The molecule has 0 spiro atoms. The first-order chi connectivity index (χ1) is 5.88. The summed E-state index contributed by atoms with van der Waals surface area (Å²) in [7, 11) is -1.64. The van der Waals surface area contributed by atoms with E-state index in [1.807, 2.05) is 0 Å². The Labute approximate surface area is 91.4 Å². The first kappa shape index (κ1) is 14.2. The van der Waals surface area contributed by atoms with Crippen LogP contribution in [0.15, 0.2) is 0 Å². The Balaban J connectivity index is 4.53. The second-order valence-electron chi connectivity index (χ2n) is 6.73. The summed E-state index contributed by atoms with van der Waals surface area (Å²) in [6, 6.07) is 0. The second kappa shape index (κ2) is 3.97. The molecule has 1 unspecified atom stereocenters. The van der Waals surface area contributed by atoms with E-state index in [0.29, 0.717) is 0 Å². The number of hydrogen-bond donors (Lipinski definition) is 0. The third kappa shape index (κ3) is 3.74. The van der Waals surface area contributed by atoms with E-state index in [9.17, 15) is 0 Å². The molecule has 2 heteroatoms. The van der Waals surface area contributed by atoms with Crippen LogP contribution in [-0.2, 0) is 4.43 Å². The molecule has 1 nitrogen and oxygen atoms in total. The lowest BCUT2D eigenvalue weighted by Gasteiger charge is -2.41. The van der Waals surface area contributed by atoms with Crippen LogP contribution in [0, 0.1) is 12.3 Å². The van der Waals surface area contributed by atoms with E-state index in [2.05, 4.69) is 61.6 Å². The molecule has 0 amide bonds. The quantitative estimate of drug-likeness (QED) is 0.626. The van der Waals surface area contributed by atoms with E-state index in [1.54, 1.807) is 0 Å². The molecule has 0 aliphatic heterocycles. The summed E-state index contributed by atoms with van der Waals surface area (Å²) >= 11 is 0. The zero-order valence-electron chi connectivity index (χ0n) is 11.2. The predicted octanol–water partition coefficient (Wildman–Crippen LogP) is 4.26. The molecule has 0 aromatic carbocycles. The van der Waals surface area contributed by atoms with E-state index >= 15 is 0 Å². The van der Waals surface area contributed by atoms with Crippen LogP contribution in [0.4, 0.5) is 0 Å². The van der Waals surface area contributed by atoms with Gasteiger partial charge in [0.05, 0.1) is 0 Å². The second-order valence-corrected chi connectivity index (χ2v) is 11.5. The summed E-state index contributed by atoms with van der Waals surface area (Å²) in [6.45, 7) is 22.0. The summed E-state index contributed by atoms with van der Waals surface area (Å²) in [6.07, 6.45) is 0.0865. The molecule has 1 radical (unpaired) electrons. The van der Waals surface area contributed by atoms with Crippen molar-refractivity contribution in [3.63, 3.8) is 0 Å². The van der Waals surface area contributed by atoms with E-state index in [0.717, 1.165) is 0 Å². The minimum absolute atomic E-state index is 0.0865. The van der Waals surface area contributed by atoms with Gasteiger partial charge in [-0.1, -0.05) is 41.5 Å². The van der Waals surface area contributed by atoms with Crippen molar-refractivity contribution in [2.45, 2.75) is 65.8 Å². The van der Waals surface area contributed by atoms with Gasteiger partial charge in [0.15, 0.2) is 8.32 Å². The topological polar surface area (TPSA) is 9.23 Å². The van der Waals surface area contributed by atoms with Crippen LogP contribution in [0.3, 0.4) is 0 Å². The molecule has 85 valence electrons. The highest BCUT2D eigenvalue weighted by atomic mass is 28.4. The Hall–Kier alpha value is 0.177. The Kier molecular flexibility index (Phi) is 4.02. The molecule has 0 aromatic rings. The molecule has 0 fully saturated rings. The van der Waals surface area contributed by atoms with Gasteiger partial charge >= 0.3 is 0 Å². The standard InChI is InChI=1S/C12H27OSi/c1-10(11(2,3)4)13-14(8,9)12(5,6)7/h10H,1H2,2-9H3. The Morgan fingerprint density at radius 1 is 1.00 bits per heavy atom. The van der Waals surface area contributed by atoms with Crippen molar-refractivity contribution in [1.82, 2.24) is 0 Å². The zero-order chi connectivity index (χ0) is 11.8. The van der Waals surface area contributed by atoms with E-state index in [4.69, 9.17) is 4.43 Å². The van der Waals surface area contributed by atoms with Crippen molar-refractivity contribution >= 4 is 8.32 Å². The third-order valence-corrected chi connectivity index (χ3v) is 7.70. The molecule has 0 N–H and O–H groups in total. The molecule has 0 aliphatic rings. The lowest BCUT2D eigenvalue weighted by atomic mass is 9.91. The Bertz CT molecular complexity index is 183. The average molecular weight is 215 g/mol. The molecule has 14 heavy (non-hydrogen) atoms. The fourth-order valence-electron chi connectivity index (χ4n) is 0.709. The van der Waals surface area contributed by atoms with Crippen molar-refractivity contribution in [2.24, 2.45) is 5.41 Å². The van der Waals surface area contributed by atoms with E-state index in [1.165, 1.54) is 0 Å². The van der Waals surface area contributed by atoms with Crippen LogP contribution >= 0.6 is 0 Å². The smallest absolute Gasteiger partial charge is 0.192 e. The van der Waals surface area contributed by atoms with Crippen LogP contribution in [0.25, 0.3) is 0 Å². The van der Waals surface area contributed by atoms with Crippen molar-refractivity contribution < 1.29 is 4.43 Å². The summed E-state index contributed by atoms with van der Waals surface area (Å²) in [4.78, 5) is 0. The van der Waals surface area contributed by atoms with Crippen LogP contribution in [0.1, 0.15) is 41.5 Å². The van der Waals surface area contributed by atoms with Crippen molar-refractivity contribution in [3.8, 4) is 0 Å². The van der Waals surface area contributed by atoms with Gasteiger partial charge in [-0.2, -0.15) is 0 Å². The lowest BCUT2D eigenvalue weighted by molar-refractivity contribution is 0.111. The summed E-state index contributed by atoms with van der Waals surface area (Å²) < 4.78 is 6.19. The van der Waals surface area contributed by atoms with Gasteiger partial charge in [0.2, 0.25) is 0 Å². The normalized spacial score (nSPS) is 16.9. The monoisotopic (exact) mass is 215 g/mol. The van der Waals surface area contributed by atoms with Crippen LogP contribution in [0.5, 0.6) is 0 Å². The van der Waals surface area contributed by atoms with Crippen molar-refractivity contribution in [2.75, 3.05) is 0 Å². The Morgan fingerprint density at radius 2 is 1.36 bits per heavy atom. The van der Waals surface area contributed by atoms with Gasteiger partial charge in [0.25, 0.3) is 0 Å². The molecule has 0 saturated carbocycles. The van der Waals surface area contributed by atoms with Gasteiger partial charge in [0.1, 0.15) is 0 Å². The SMILES string of the molecule is [CH2]C(O[Si](C)(C)C(C)(C)C)C(C)(C)C. The fraction of sp³-hybridized carbons (Fsp3) is 0.917. The average Bonchev–Trinajstić information content (AvgIpc) is 1.80. The van der Waals surface area contributed by atoms with Crippen LogP contribution in [0.2, 0.25) is 18.1 Å². The zero-order valence-corrected chi connectivity index (χ0v) is 12.2. The van der Waals surface area contributed by atoms with Gasteiger partial charge in [-0.3, -0.25) is 0 Å². The van der Waals surface area contributed by atoms with Gasteiger partial charge in [-0.05, 0) is 30.5 Å². The molecule has 0 bridgehead atoms. The van der Waals surface area contributed by atoms with Crippen LogP contribution < -0.4 is 0 Å². The summed E-state index contributed by atoms with van der Waals surface area (Å²) in [5, 5.41) is 0.272. The highest BCUT2D eigenvalue weighted by molar-refractivity contribution is 6.74. The van der Waals surface area contributed by atoms with Crippen LogP contribution in [-0.4, -0.2) is 14.4 Å². The van der Waals surface area contributed by atoms with Gasteiger partial charge in [0, 0.05) is 6.10 Å². The lowest BCUT2D eigenvalue weighted by Crippen LogP contribution is -2.46. The Morgan fingerprint density at radius 3 is 1.57 bits per heavy atom. The maximum atomic E-state index is 6.19. The minimum Gasteiger partial charge on any atom is -0.413 e. The molecule has 0 aromatic heterocycles. The minimum atomic E-state index is -1.64. The maximum absolute atomic E-state index is 6.19. The van der Waals surface area contributed by atoms with Gasteiger partial charge in [-0.25, -0.2) is 0 Å².